The lowest BCUT2D eigenvalue weighted by Gasteiger charge is -2.36. The maximum atomic E-state index is 10.4. The number of methoxy groups -OCH3 is 1. The molecule has 2 saturated heterocycles. The van der Waals surface area contributed by atoms with Crippen molar-refractivity contribution in [2.24, 2.45) is 11.8 Å². The average Bonchev–Trinajstić information content (AvgIpc) is 2.73. The first kappa shape index (κ1) is 11.2. The van der Waals surface area contributed by atoms with Crippen molar-refractivity contribution in [3.05, 3.63) is 0 Å². The van der Waals surface area contributed by atoms with Crippen molar-refractivity contribution in [1.29, 1.82) is 0 Å². The highest BCUT2D eigenvalue weighted by atomic mass is 35.5. The summed E-state index contributed by atoms with van der Waals surface area (Å²) in [6.07, 6.45) is -1.12. The molecule has 92 valence electrons. The number of alkyl halides is 1. The molecule has 0 aromatic carbocycles. The number of ether oxygens (including phenoxy) is 3. The van der Waals surface area contributed by atoms with Crippen molar-refractivity contribution in [3.63, 3.8) is 0 Å². The predicted octanol–water partition coefficient (Wildman–Crippen LogP) is -0.319. The molecule has 0 radical (unpaired) electrons. The fourth-order valence-corrected chi connectivity index (χ4v) is 3.60. The summed E-state index contributed by atoms with van der Waals surface area (Å²) < 4.78 is 16.1. The predicted molar refractivity (Wildman–Crippen MR) is 53.8 cm³/mol. The summed E-state index contributed by atoms with van der Waals surface area (Å²) in [5.74, 6) is -0.380. The molecular weight excluding hydrogens is 236 g/mol. The van der Waals surface area contributed by atoms with E-state index < -0.39 is 29.7 Å². The SMILES string of the molecule is CO[C@H]1C[C@@H]2[C@H](O)[C@@H](Cl)[C@@]3(O)CO[C@@H](O1)[C@@H]23. The molecule has 3 aliphatic rings. The zero-order chi connectivity index (χ0) is 11.5. The maximum Gasteiger partial charge on any atom is 0.166 e. The highest BCUT2D eigenvalue weighted by Crippen LogP contribution is 2.54. The number of aliphatic hydroxyl groups is 2. The topological polar surface area (TPSA) is 68.2 Å². The zero-order valence-electron chi connectivity index (χ0n) is 8.88. The van der Waals surface area contributed by atoms with Gasteiger partial charge in [0.25, 0.3) is 0 Å². The van der Waals surface area contributed by atoms with Crippen LogP contribution in [0, 0.1) is 11.8 Å². The number of rotatable bonds is 1. The minimum absolute atomic E-state index is 0.112. The standard InChI is InChI=1S/C10H15ClO5/c1-14-5-2-4-6-9(16-5)15-3-10(6,13)8(11)7(4)12/h4-9,12-13H,2-3H2,1H3/t4-,5+,6+,7-,8+,9-,10+/m0/s1. The van der Waals surface area contributed by atoms with E-state index in [4.69, 9.17) is 25.8 Å². The van der Waals surface area contributed by atoms with Crippen LogP contribution in [0.25, 0.3) is 0 Å². The molecule has 6 heteroatoms. The molecule has 0 spiro atoms. The quantitative estimate of drug-likeness (QED) is 0.625. The highest BCUT2D eigenvalue weighted by Gasteiger charge is 2.67. The van der Waals surface area contributed by atoms with Crippen LogP contribution in [-0.2, 0) is 14.2 Å². The Morgan fingerprint density at radius 1 is 1.50 bits per heavy atom. The second kappa shape index (κ2) is 3.54. The molecule has 3 rings (SSSR count). The van der Waals surface area contributed by atoms with Gasteiger partial charge >= 0.3 is 0 Å². The van der Waals surface area contributed by atoms with Gasteiger partial charge in [-0.3, -0.25) is 0 Å². The minimum Gasteiger partial charge on any atom is -0.391 e. The van der Waals surface area contributed by atoms with Gasteiger partial charge in [0, 0.05) is 25.4 Å². The Kier molecular flexibility index (Phi) is 2.48. The summed E-state index contributed by atoms with van der Waals surface area (Å²) in [4.78, 5) is 0. The third kappa shape index (κ3) is 1.24. The Hall–Kier alpha value is 0.0900. The lowest BCUT2D eigenvalue weighted by molar-refractivity contribution is -0.274. The Morgan fingerprint density at radius 3 is 2.94 bits per heavy atom. The van der Waals surface area contributed by atoms with Gasteiger partial charge in [-0.1, -0.05) is 0 Å². The van der Waals surface area contributed by atoms with Crippen LogP contribution in [0.1, 0.15) is 6.42 Å². The van der Waals surface area contributed by atoms with E-state index in [2.05, 4.69) is 0 Å². The van der Waals surface area contributed by atoms with Gasteiger partial charge in [-0.2, -0.15) is 0 Å². The first-order valence-corrected chi connectivity index (χ1v) is 5.86. The molecule has 0 bridgehead atoms. The molecule has 2 heterocycles. The third-order valence-electron chi connectivity index (χ3n) is 4.04. The van der Waals surface area contributed by atoms with Gasteiger partial charge < -0.3 is 24.4 Å². The van der Waals surface area contributed by atoms with Crippen molar-refractivity contribution in [2.45, 2.75) is 36.1 Å². The van der Waals surface area contributed by atoms with Crippen LogP contribution in [0.4, 0.5) is 0 Å². The summed E-state index contributed by atoms with van der Waals surface area (Å²) >= 11 is 6.09. The second-order valence-electron chi connectivity index (χ2n) is 4.79. The van der Waals surface area contributed by atoms with Crippen molar-refractivity contribution >= 4 is 11.6 Å². The Bertz CT molecular complexity index is 301. The van der Waals surface area contributed by atoms with Gasteiger partial charge in [0.05, 0.1) is 18.1 Å². The van der Waals surface area contributed by atoms with Crippen molar-refractivity contribution in [1.82, 2.24) is 0 Å². The first-order chi connectivity index (χ1) is 7.58. The van der Waals surface area contributed by atoms with Crippen LogP contribution in [0.3, 0.4) is 0 Å². The van der Waals surface area contributed by atoms with Crippen LogP contribution in [-0.4, -0.2) is 53.6 Å². The number of halogens is 1. The summed E-state index contributed by atoms with van der Waals surface area (Å²) in [6.45, 7) is 0.112. The van der Waals surface area contributed by atoms with E-state index in [1.54, 1.807) is 7.11 Å². The Morgan fingerprint density at radius 2 is 2.25 bits per heavy atom. The van der Waals surface area contributed by atoms with Crippen LogP contribution in [0.2, 0.25) is 0 Å². The van der Waals surface area contributed by atoms with Gasteiger partial charge in [0.15, 0.2) is 12.6 Å². The molecule has 16 heavy (non-hydrogen) atoms. The fourth-order valence-electron chi connectivity index (χ4n) is 3.20. The first-order valence-electron chi connectivity index (χ1n) is 5.42. The van der Waals surface area contributed by atoms with E-state index in [-0.39, 0.29) is 18.4 Å². The van der Waals surface area contributed by atoms with Crippen LogP contribution in [0.5, 0.6) is 0 Å². The van der Waals surface area contributed by atoms with Crippen LogP contribution < -0.4 is 0 Å². The largest absolute Gasteiger partial charge is 0.391 e. The number of hydrogen-bond donors (Lipinski definition) is 2. The summed E-state index contributed by atoms with van der Waals surface area (Å²) in [5.41, 5.74) is -1.17. The van der Waals surface area contributed by atoms with E-state index in [9.17, 15) is 10.2 Å². The Balaban J connectivity index is 1.93. The Labute approximate surface area is 98.2 Å². The maximum absolute atomic E-state index is 10.4. The molecule has 2 N–H and O–H groups in total. The molecule has 1 aliphatic carbocycles. The van der Waals surface area contributed by atoms with E-state index in [0.29, 0.717) is 6.42 Å². The molecule has 0 unspecified atom stereocenters. The van der Waals surface area contributed by atoms with E-state index in [1.165, 1.54) is 0 Å². The van der Waals surface area contributed by atoms with Crippen LogP contribution in [0.15, 0.2) is 0 Å². The van der Waals surface area contributed by atoms with Gasteiger partial charge in [0.2, 0.25) is 0 Å². The lowest BCUT2D eigenvalue weighted by atomic mass is 9.84. The molecule has 3 fully saturated rings. The van der Waals surface area contributed by atoms with E-state index in [0.717, 1.165) is 0 Å². The highest BCUT2D eigenvalue weighted by molar-refractivity contribution is 6.22. The van der Waals surface area contributed by atoms with Crippen molar-refractivity contribution < 1.29 is 24.4 Å². The average molecular weight is 251 g/mol. The lowest BCUT2D eigenvalue weighted by Crippen LogP contribution is -2.46. The zero-order valence-corrected chi connectivity index (χ0v) is 9.63. The smallest absolute Gasteiger partial charge is 0.166 e. The molecule has 7 atom stereocenters. The molecule has 1 saturated carbocycles. The molecule has 5 nitrogen and oxygen atoms in total. The summed E-state index contributed by atoms with van der Waals surface area (Å²) in [6, 6.07) is 0. The second-order valence-corrected chi connectivity index (χ2v) is 5.26. The molecule has 0 amide bonds. The molecule has 2 aliphatic heterocycles. The van der Waals surface area contributed by atoms with Crippen molar-refractivity contribution in [2.75, 3.05) is 13.7 Å². The third-order valence-corrected chi connectivity index (χ3v) is 4.68. The fraction of sp³-hybridized carbons (Fsp3) is 1.00. The van der Waals surface area contributed by atoms with Gasteiger partial charge in [-0.25, -0.2) is 0 Å². The molecule has 0 aromatic heterocycles. The monoisotopic (exact) mass is 250 g/mol. The van der Waals surface area contributed by atoms with Gasteiger partial charge in [-0.05, 0) is 0 Å². The normalized spacial score (nSPS) is 60.0. The summed E-state index contributed by atoms with van der Waals surface area (Å²) in [7, 11) is 1.55. The van der Waals surface area contributed by atoms with E-state index in [1.807, 2.05) is 0 Å². The molecular formula is C10H15ClO5. The molecule has 0 aromatic rings. The minimum atomic E-state index is -1.17. The summed E-state index contributed by atoms with van der Waals surface area (Å²) in [5, 5.41) is 19.7. The van der Waals surface area contributed by atoms with Crippen molar-refractivity contribution in [3.8, 4) is 0 Å². The number of hydrogen-bond acceptors (Lipinski definition) is 5. The van der Waals surface area contributed by atoms with Crippen LogP contribution >= 0.6 is 11.6 Å². The number of aliphatic hydroxyl groups excluding tert-OH is 1. The van der Waals surface area contributed by atoms with Gasteiger partial charge in [-0.15, -0.1) is 11.6 Å². The van der Waals surface area contributed by atoms with E-state index >= 15 is 0 Å². The van der Waals surface area contributed by atoms with Gasteiger partial charge in [0.1, 0.15) is 5.60 Å².